The number of nitrogens with zero attached hydrogens (tertiary/aromatic N) is 1. The van der Waals surface area contributed by atoms with Crippen LogP contribution in [0.15, 0.2) is 108 Å². The molecule has 1 atom stereocenters. The molecule has 0 aliphatic heterocycles. The number of allylic oxidation sites excluding steroid dienone is 1. The van der Waals surface area contributed by atoms with Gasteiger partial charge in [-0.05, 0) is 30.5 Å². The summed E-state index contributed by atoms with van der Waals surface area (Å²) in [7, 11) is 0. The second-order valence-corrected chi connectivity index (χ2v) is 7.13. The highest BCUT2D eigenvalue weighted by Crippen LogP contribution is 2.41. The number of carbonyl (C=O) groups excluding carboxylic acids is 1. The molecule has 0 saturated carbocycles. The van der Waals surface area contributed by atoms with Crippen molar-refractivity contribution in [2.24, 2.45) is 4.99 Å². The van der Waals surface area contributed by atoms with E-state index in [0.717, 1.165) is 16.7 Å². The fraction of sp³-hybridized carbons (Fsp3) is 0.192. The molecule has 0 spiro atoms. The lowest BCUT2D eigenvalue weighted by molar-refractivity contribution is -0.00380. The molecule has 3 heteroatoms. The van der Waals surface area contributed by atoms with E-state index < -0.39 is 11.1 Å². The number of hydrogen-bond donors (Lipinski definition) is 0. The minimum atomic E-state index is -0.842. The second-order valence-electron chi connectivity index (χ2n) is 7.13. The molecule has 0 N–H and O–H groups in total. The molecule has 0 aliphatic carbocycles. The molecule has 0 fully saturated rings. The third-order valence-corrected chi connectivity index (χ3v) is 4.95. The zero-order valence-corrected chi connectivity index (χ0v) is 16.8. The Morgan fingerprint density at radius 1 is 0.828 bits per heavy atom. The Labute approximate surface area is 172 Å². The number of hydrogen-bond acceptors (Lipinski definition) is 3. The molecule has 0 radical (unpaired) electrons. The molecule has 3 nitrogen and oxygen atoms in total. The molecule has 0 bridgehead atoms. The van der Waals surface area contributed by atoms with E-state index in [0.29, 0.717) is 0 Å². The van der Waals surface area contributed by atoms with Gasteiger partial charge < -0.3 is 4.74 Å². The van der Waals surface area contributed by atoms with Crippen molar-refractivity contribution in [3.8, 4) is 0 Å². The van der Waals surface area contributed by atoms with E-state index in [1.54, 1.807) is 6.08 Å². The Bertz CT molecular complexity index is 880. The molecule has 0 aromatic heterocycles. The van der Waals surface area contributed by atoms with Gasteiger partial charge in [-0.25, -0.2) is 4.79 Å². The predicted molar refractivity (Wildman–Crippen MR) is 117 cm³/mol. The summed E-state index contributed by atoms with van der Waals surface area (Å²) in [5, 5.41) is 0. The third-order valence-electron chi connectivity index (χ3n) is 4.95. The Morgan fingerprint density at radius 3 is 1.59 bits per heavy atom. The van der Waals surface area contributed by atoms with Crippen LogP contribution in [0.2, 0.25) is 0 Å². The van der Waals surface area contributed by atoms with Gasteiger partial charge in [-0.2, -0.15) is 4.99 Å². The van der Waals surface area contributed by atoms with Crippen molar-refractivity contribution >= 4 is 6.08 Å². The van der Waals surface area contributed by atoms with E-state index in [2.05, 4.69) is 41.4 Å². The van der Waals surface area contributed by atoms with Crippen LogP contribution in [0.3, 0.4) is 0 Å². The van der Waals surface area contributed by atoms with E-state index in [4.69, 9.17) is 4.74 Å². The topological polar surface area (TPSA) is 38.7 Å². The normalized spacial score (nSPS) is 13.6. The first-order chi connectivity index (χ1) is 14.1. The Hall–Kier alpha value is -3.26. The molecule has 0 saturated heterocycles. The summed E-state index contributed by atoms with van der Waals surface area (Å²) in [5.41, 5.74) is 1.38. The van der Waals surface area contributed by atoms with Gasteiger partial charge in [-0.15, -0.1) is 0 Å². The molecule has 0 amide bonds. The summed E-state index contributed by atoms with van der Waals surface area (Å²) >= 11 is 0. The predicted octanol–water partition coefficient (Wildman–Crippen LogP) is 5.67. The van der Waals surface area contributed by atoms with Gasteiger partial charge in [-0.3, -0.25) is 0 Å². The largest absolute Gasteiger partial charge is 0.358 e. The molecular formula is C26H25NO2. The van der Waals surface area contributed by atoms with E-state index in [1.807, 2.05) is 80.6 Å². The van der Waals surface area contributed by atoms with Crippen molar-refractivity contribution in [2.45, 2.75) is 25.0 Å². The van der Waals surface area contributed by atoms with Crippen LogP contribution in [0, 0.1) is 0 Å². The summed E-state index contributed by atoms with van der Waals surface area (Å²) in [5.74, 6) is 0. The first-order valence-electron chi connectivity index (χ1n) is 9.68. The summed E-state index contributed by atoms with van der Waals surface area (Å²) in [4.78, 5) is 15.1. The van der Waals surface area contributed by atoms with Crippen LogP contribution in [-0.2, 0) is 15.1 Å². The van der Waals surface area contributed by atoms with Crippen LogP contribution >= 0.6 is 0 Å². The maximum Gasteiger partial charge on any atom is 0.235 e. The number of rotatable bonds is 8. The summed E-state index contributed by atoms with van der Waals surface area (Å²) in [6.45, 7) is 3.98. The SMILES string of the molecule is C/C=C/[C@](C)(COC(c1ccccc1)(c1ccccc1)c1ccccc1)N=C=O. The lowest BCUT2D eigenvalue weighted by Gasteiger charge is -2.38. The lowest BCUT2D eigenvalue weighted by Crippen LogP contribution is -2.38. The third kappa shape index (κ3) is 4.43. The van der Waals surface area contributed by atoms with Crippen molar-refractivity contribution in [1.29, 1.82) is 0 Å². The standard InChI is InChI=1S/C26H25NO2/c1-3-19-25(2,27-21-28)20-29-26(22-13-7-4-8-14-22,23-15-9-5-10-16-23)24-17-11-6-12-18-24/h3-19H,20H2,1-2H3/b19-3+/t25-/m1/s1. The number of isocyanates is 1. The molecule has 29 heavy (non-hydrogen) atoms. The first-order valence-corrected chi connectivity index (χ1v) is 9.68. The van der Waals surface area contributed by atoms with Crippen LogP contribution in [0.4, 0.5) is 0 Å². The quantitative estimate of drug-likeness (QED) is 0.218. The average Bonchev–Trinajstić information content (AvgIpc) is 2.77. The van der Waals surface area contributed by atoms with Crippen molar-refractivity contribution in [3.63, 3.8) is 0 Å². The number of ether oxygens (including phenoxy) is 1. The maximum absolute atomic E-state index is 11.0. The van der Waals surface area contributed by atoms with E-state index in [9.17, 15) is 4.79 Å². The highest BCUT2D eigenvalue weighted by atomic mass is 16.5. The minimum Gasteiger partial charge on any atom is -0.358 e. The van der Waals surface area contributed by atoms with Crippen LogP contribution in [0.25, 0.3) is 0 Å². The molecule has 0 heterocycles. The summed E-state index contributed by atoms with van der Waals surface area (Å²) in [6.07, 6.45) is 5.43. The van der Waals surface area contributed by atoms with Gasteiger partial charge in [0.25, 0.3) is 0 Å². The number of benzene rings is 3. The molecule has 3 rings (SSSR count). The lowest BCUT2D eigenvalue weighted by atomic mass is 9.80. The van der Waals surface area contributed by atoms with Gasteiger partial charge in [0.05, 0.1) is 6.61 Å². The van der Waals surface area contributed by atoms with Gasteiger partial charge in [0.15, 0.2) is 0 Å². The monoisotopic (exact) mass is 383 g/mol. The molecule has 3 aromatic rings. The van der Waals surface area contributed by atoms with Gasteiger partial charge in [-0.1, -0.05) is 103 Å². The van der Waals surface area contributed by atoms with E-state index >= 15 is 0 Å². The molecular weight excluding hydrogens is 358 g/mol. The molecule has 146 valence electrons. The Balaban J connectivity index is 2.21. The summed E-state index contributed by atoms with van der Waals surface area (Å²) in [6, 6.07) is 30.4. The van der Waals surface area contributed by atoms with Crippen LogP contribution in [0.1, 0.15) is 30.5 Å². The van der Waals surface area contributed by atoms with Crippen molar-refractivity contribution in [1.82, 2.24) is 0 Å². The number of aliphatic imine (C=N–C) groups is 1. The molecule has 0 unspecified atom stereocenters. The van der Waals surface area contributed by atoms with Gasteiger partial charge in [0.1, 0.15) is 11.1 Å². The maximum atomic E-state index is 11.0. The first kappa shape index (κ1) is 20.5. The average molecular weight is 383 g/mol. The highest BCUT2D eigenvalue weighted by Gasteiger charge is 2.39. The smallest absolute Gasteiger partial charge is 0.235 e. The molecule has 0 aliphatic rings. The van der Waals surface area contributed by atoms with Crippen molar-refractivity contribution in [2.75, 3.05) is 6.61 Å². The minimum absolute atomic E-state index is 0.214. The zero-order chi connectivity index (χ0) is 20.6. The highest BCUT2D eigenvalue weighted by molar-refractivity contribution is 5.47. The van der Waals surface area contributed by atoms with Crippen LogP contribution < -0.4 is 0 Å². The van der Waals surface area contributed by atoms with Crippen LogP contribution in [0.5, 0.6) is 0 Å². The van der Waals surface area contributed by atoms with Crippen LogP contribution in [-0.4, -0.2) is 18.2 Å². The van der Waals surface area contributed by atoms with Crippen molar-refractivity contribution < 1.29 is 9.53 Å². The molecule has 3 aromatic carbocycles. The van der Waals surface area contributed by atoms with Crippen molar-refractivity contribution in [3.05, 3.63) is 120 Å². The Kier molecular flexibility index (Phi) is 6.56. The van der Waals surface area contributed by atoms with E-state index in [1.165, 1.54) is 0 Å². The fourth-order valence-corrected chi connectivity index (χ4v) is 3.60. The van der Waals surface area contributed by atoms with E-state index in [-0.39, 0.29) is 6.61 Å². The Morgan fingerprint density at radius 2 is 1.24 bits per heavy atom. The zero-order valence-electron chi connectivity index (χ0n) is 16.8. The fourth-order valence-electron chi connectivity index (χ4n) is 3.60. The van der Waals surface area contributed by atoms with Gasteiger partial charge in [0, 0.05) is 0 Å². The van der Waals surface area contributed by atoms with Gasteiger partial charge >= 0.3 is 0 Å². The second kappa shape index (κ2) is 9.29. The summed E-state index contributed by atoms with van der Waals surface area (Å²) < 4.78 is 6.73. The van der Waals surface area contributed by atoms with Gasteiger partial charge in [0.2, 0.25) is 6.08 Å².